The molecule has 0 radical (unpaired) electrons. The summed E-state index contributed by atoms with van der Waals surface area (Å²) in [6, 6.07) is 1.11. The van der Waals surface area contributed by atoms with Crippen LogP contribution < -0.4 is 11.1 Å². The van der Waals surface area contributed by atoms with E-state index in [0.717, 1.165) is 12.1 Å². The fraction of sp³-hybridized carbons (Fsp3) is 0.429. The second-order valence-electron chi connectivity index (χ2n) is 6.01. The van der Waals surface area contributed by atoms with Crippen molar-refractivity contribution in [3.63, 3.8) is 0 Å². The van der Waals surface area contributed by atoms with Gasteiger partial charge in [-0.15, -0.1) is 0 Å². The van der Waals surface area contributed by atoms with Crippen LogP contribution in [-0.4, -0.2) is 21.0 Å². The molecule has 1 atom stereocenters. The van der Waals surface area contributed by atoms with E-state index in [2.05, 4.69) is 10.3 Å². The number of anilines is 1. The number of imidazole rings is 1. The van der Waals surface area contributed by atoms with Gasteiger partial charge in [-0.05, 0) is 27.7 Å². The number of halogens is 2. The Morgan fingerprint density at radius 3 is 2.57 bits per heavy atom. The van der Waals surface area contributed by atoms with Crippen LogP contribution >= 0.6 is 0 Å². The maximum atomic E-state index is 13.7. The predicted octanol–water partition coefficient (Wildman–Crippen LogP) is 2.37. The average molecular weight is 296 g/mol. The normalized spacial score (nSPS) is 13.4. The molecule has 0 saturated heterocycles. The van der Waals surface area contributed by atoms with Crippen LogP contribution in [0.1, 0.15) is 33.7 Å². The molecule has 0 saturated carbocycles. The van der Waals surface area contributed by atoms with Gasteiger partial charge in [-0.25, -0.2) is 13.8 Å². The molecule has 3 N–H and O–H groups in total. The molecule has 2 aromatic rings. The number of nitrogens with zero attached hydrogens (tertiary/aromatic N) is 2. The Morgan fingerprint density at radius 1 is 1.38 bits per heavy atom. The summed E-state index contributed by atoms with van der Waals surface area (Å²) in [5, 5.41) is 2.80. The molecule has 0 fully saturated rings. The minimum absolute atomic E-state index is 0.0361. The number of carbonyl (C=O) groups excluding carboxylic acids is 1. The highest BCUT2D eigenvalue weighted by Gasteiger charge is 2.25. The molecule has 7 heteroatoms. The molecule has 114 valence electrons. The van der Waals surface area contributed by atoms with Crippen LogP contribution in [0.25, 0.3) is 11.0 Å². The standard InChI is InChI=1S/C14H18F2N4O/c1-7(12(21)19-14(2,3)4)20-10-6-8(15)5-9(16)11(10)18-13(20)17/h5-7H,1-4H3,(H2,17,18)(H,19,21). The smallest absolute Gasteiger partial charge is 0.243 e. The van der Waals surface area contributed by atoms with Gasteiger partial charge >= 0.3 is 0 Å². The molecule has 1 amide bonds. The summed E-state index contributed by atoms with van der Waals surface area (Å²) in [6.45, 7) is 7.12. The Hall–Kier alpha value is -2.18. The fourth-order valence-electron chi connectivity index (χ4n) is 2.14. The summed E-state index contributed by atoms with van der Waals surface area (Å²) in [6.07, 6.45) is 0. The lowest BCUT2D eigenvalue weighted by Gasteiger charge is -2.24. The van der Waals surface area contributed by atoms with E-state index in [1.165, 1.54) is 4.57 Å². The van der Waals surface area contributed by atoms with Crippen molar-refractivity contribution in [2.24, 2.45) is 0 Å². The number of nitrogens with one attached hydrogen (secondary N) is 1. The lowest BCUT2D eigenvalue weighted by atomic mass is 10.1. The second-order valence-corrected chi connectivity index (χ2v) is 6.01. The lowest BCUT2D eigenvalue weighted by molar-refractivity contribution is -0.125. The number of nitrogens with two attached hydrogens (primary N) is 1. The van der Waals surface area contributed by atoms with Crippen LogP contribution in [0.4, 0.5) is 14.7 Å². The van der Waals surface area contributed by atoms with Gasteiger partial charge in [0.1, 0.15) is 17.4 Å². The summed E-state index contributed by atoms with van der Waals surface area (Å²) < 4.78 is 28.4. The first-order valence-corrected chi connectivity index (χ1v) is 6.54. The highest BCUT2D eigenvalue weighted by Crippen LogP contribution is 2.26. The molecule has 1 aromatic heterocycles. The first-order valence-electron chi connectivity index (χ1n) is 6.54. The van der Waals surface area contributed by atoms with Gasteiger partial charge in [0.15, 0.2) is 5.82 Å². The van der Waals surface area contributed by atoms with E-state index < -0.39 is 23.2 Å². The number of fused-ring (bicyclic) bond motifs is 1. The molecule has 0 bridgehead atoms. The highest BCUT2D eigenvalue weighted by atomic mass is 19.1. The van der Waals surface area contributed by atoms with Crippen molar-refractivity contribution >= 4 is 22.9 Å². The summed E-state index contributed by atoms with van der Waals surface area (Å²) in [5.74, 6) is -1.90. The Balaban J connectivity index is 2.51. The minimum Gasteiger partial charge on any atom is -0.369 e. The van der Waals surface area contributed by atoms with Gasteiger partial charge in [-0.3, -0.25) is 9.36 Å². The van der Waals surface area contributed by atoms with E-state index in [4.69, 9.17) is 5.73 Å². The number of hydrogen-bond donors (Lipinski definition) is 2. The van der Waals surface area contributed by atoms with E-state index in [-0.39, 0.29) is 22.9 Å². The van der Waals surface area contributed by atoms with E-state index in [9.17, 15) is 13.6 Å². The number of rotatable bonds is 2. The van der Waals surface area contributed by atoms with Gasteiger partial charge < -0.3 is 11.1 Å². The van der Waals surface area contributed by atoms with Gasteiger partial charge in [0.25, 0.3) is 0 Å². The van der Waals surface area contributed by atoms with Gasteiger partial charge in [0, 0.05) is 17.7 Å². The molecule has 1 aromatic carbocycles. The quantitative estimate of drug-likeness (QED) is 0.893. The van der Waals surface area contributed by atoms with Crippen LogP contribution in [0.15, 0.2) is 12.1 Å². The highest BCUT2D eigenvalue weighted by molar-refractivity contribution is 5.86. The van der Waals surface area contributed by atoms with Crippen LogP contribution in [0.5, 0.6) is 0 Å². The third-order valence-corrected chi connectivity index (χ3v) is 3.01. The van der Waals surface area contributed by atoms with Gasteiger partial charge in [-0.2, -0.15) is 0 Å². The number of aromatic nitrogens is 2. The number of nitrogen functional groups attached to an aromatic ring is 1. The number of benzene rings is 1. The Bertz CT molecular complexity index is 703. The topological polar surface area (TPSA) is 72.9 Å². The van der Waals surface area contributed by atoms with Gasteiger partial charge in [-0.1, -0.05) is 0 Å². The van der Waals surface area contributed by atoms with Crippen molar-refractivity contribution in [2.45, 2.75) is 39.3 Å². The maximum absolute atomic E-state index is 13.7. The van der Waals surface area contributed by atoms with Crippen molar-refractivity contribution in [3.05, 3.63) is 23.8 Å². The van der Waals surface area contributed by atoms with Crippen molar-refractivity contribution in [3.8, 4) is 0 Å². The van der Waals surface area contributed by atoms with Crippen molar-refractivity contribution in [1.82, 2.24) is 14.9 Å². The van der Waals surface area contributed by atoms with Crippen molar-refractivity contribution < 1.29 is 13.6 Å². The number of hydrogen-bond acceptors (Lipinski definition) is 3. The van der Waals surface area contributed by atoms with E-state index >= 15 is 0 Å². The Kier molecular flexibility index (Phi) is 3.61. The van der Waals surface area contributed by atoms with E-state index in [0.29, 0.717) is 0 Å². The third kappa shape index (κ3) is 2.96. The number of amides is 1. The van der Waals surface area contributed by atoms with E-state index in [1.807, 2.05) is 20.8 Å². The fourth-order valence-corrected chi connectivity index (χ4v) is 2.14. The zero-order chi connectivity index (χ0) is 15.9. The molecule has 1 unspecified atom stereocenters. The summed E-state index contributed by atoms with van der Waals surface area (Å²) in [7, 11) is 0. The molecule has 1 heterocycles. The molecular formula is C14H18F2N4O. The summed E-state index contributed by atoms with van der Waals surface area (Å²) in [5.41, 5.74) is 5.44. The molecule has 2 rings (SSSR count). The second kappa shape index (κ2) is 4.98. The van der Waals surface area contributed by atoms with Crippen LogP contribution in [0.2, 0.25) is 0 Å². The lowest BCUT2D eigenvalue weighted by Crippen LogP contribution is -2.43. The third-order valence-electron chi connectivity index (χ3n) is 3.01. The Labute approximate surface area is 121 Å². The van der Waals surface area contributed by atoms with Crippen LogP contribution in [-0.2, 0) is 4.79 Å². The predicted molar refractivity (Wildman–Crippen MR) is 76.7 cm³/mol. The van der Waals surface area contributed by atoms with E-state index in [1.54, 1.807) is 6.92 Å². The maximum Gasteiger partial charge on any atom is 0.243 e. The van der Waals surface area contributed by atoms with Crippen LogP contribution in [0.3, 0.4) is 0 Å². The molecule has 21 heavy (non-hydrogen) atoms. The monoisotopic (exact) mass is 296 g/mol. The first kappa shape index (κ1) is 15.2. The molecular weight excluding hydrogens is 278 g/mol. The molecule has 0 aliphatic heterocycles. The molecule has 5 nitrogen and oxygen atoms in total. The average Bonchev–Trinajstić information content (AvgIpc) is 2.62. The SMILES string of the molecule is CC(C(=O)NC(C)(C)C)n1c(N)nc2c(F)cc(F)cc21. The zero-order valence-corrected chi connectivity index (χ0v) is 12.4. The molecule has 0 spiro atoms. The Morgan fingerprint density at radius 2 is 2.00 bits per heavy atom. The first-order chi connectivity index (χ1) is 9.60. The van der Waals surface area contributed by atoms with Crippen LogP contribution in [0, 0.1) is 11.6 Å². The van der Waals surface area contributed by atoms with Gasteiger partial charge in [0.2, 0.25) is 11.9 Å². The summed E-state index contributed by atoms with van der Waals surface area (Å²) in [4.78, 5) is 16.1. The van der Waals surface area contributed by atoms with Gasteiger partial charge in [0.05, 0.1) is 5.52 Å². The van der Waals surface area contributed by atoms with Crippen molar-refractivity contribution in [1.29, 1.82) is 0 Å². The minimum atomic E-state index is -0.807. The summed E-state index contributed by atoms with van der Waals surface area (Å²) >= 11 is 0. The number of carbonyl (C=O) groups is 1. The zero-order valence-electron chi connectivity index (χ0n) is 12.4. The molecule has 0 aliphatic carbocycles. The largest absolute Gasteiger partial charge is 0.369 e. The molecule has 0 aliphatic rings. The van der Waals surface area contributed by atoms with Crippen molar-refractivity contribution in [2.75, 3.05) is 5.73 Å².